The molecular weight excluding hydrogens is 372 g/mol. The van der Waals surface area contributed by atoms with Gasteiger partial charge in [-0.1, -0.05) is 24.2 Å². The lowest BCUT2D eigenvalue weighted by molar-refractivity contribution is 0.0952. The standard InChI is InChI=1S/C21H30N4O2S/c26-20(22-8-5-11-24-9-3-1-2-4-10-24)17-6-7-18-19(16-17)28-21(23-18)25-12-14-27-15-13-25/h6-7,16H,1-5,8-15H2,(H,22,26). The fourth-order valence-electron chi connectivity index (χ4n) is 3.91. The molecule has 2 aliphatic rings. The van der Waals surface area contributed by atoms with Gasteiger partial charge in [-0.3, -0.25) is 4.79 Å². The third-order valence-corrected chi connectivity index (χ3v) is 6.64. The van der Waals surface area contributed by atoms with Crippen LogP contribution in [0.4, 0.5) is 5.13 Å². The highest BCUT2D eigenvalue weighted by Gasteiger charge is 2.16. The minimum Gasteiger partial charge on any atom is -0.378 e. The second kappa shape index (κ2) is 9.67. The second-order valence-electron chi connectivity index (χ2n) is 7.64. The Kier molecular flexibility index (Phi) is 6.77. The molecule has 0 spiro atoms. The smallest absolute Gasteiger partial charge is 0.251 e. The number of aromatic nitrogens is 1. The van der Waals surface area contributed by atoms with Gasteiger partial charge in [0.05, 0.1) is 23.4 Å². The first kappa shape index (κ1) is 19.6. The van der Waals surface area contributed by atoms with Gasteiger partial charge in [0.25, 0.3) is 5.91 Å². The highest BCUT2D eigenvalue weighted by Crippen LogP contribution is 2.30. The van der Waals surface area contributed by atoms with Crippen molar-refractivity contribution in [2.45, 2.75) is 32.1 Å². The van der Waals surface area contributed by atoms with Gasteiger partial charge in [0.1, 0.15) is 0 Å². The summed E-state index contributed by atoms with van der Waals surface area (Å²) in [5.41, 5.74) is 1.68. The molecule has 3 heterocycles. The second-order valence-corrected chi connectivity index (χ2v) is 8.65. The molecule has 1 N–H and O–H groups in total. The number of hydrogen-bond acceptors (Lipinski definition) is 6. The van der Waals surface area contributed by atoms with Gasteiger partial charge < -0.3 is 19.9 Å². The van der Waals surface area contributed by atoms with Gasteiger partial charge in [-0.2, -0.15) is 0 Å². The van der Waals surface area contributed by atoms with Crippen molar-refractivity contribution in [3.8, 4) is 0 Å². The minimum atomic E-state index is 0.0130. The van der Waals surface area contributed by atoms with Crippen molar-refractivity contribution in [1.82, 2.24) is 15.2 Å². The Morgan fingerprint density at radius 1 is 1.11 bits per heavy atom. The highest BCUT2D eigenvalue weighted by molar-refractivity contribution is 7.22. The van der Waals surface area contributed by atoms with Crippen molar-refractivity contribution in [2.75, 3.05) is 57.4 Å². The SMILES string of the molecule is O=C(NCCCN1CCCCCC1)c1ccc2nc(N3CCOCC3)sc2c1. The Morgan fingerprint density at radius 2 is 1.89 bits per heavy atom. The molecule has 2 saturated heterocycles. The van der Waals surface area contributed by atoms with Gasteiger partial charge in [0.15, 0.2) is 5.13 Å². The zero-order valence-electron chi connectivity index (χ0n) is 16.5. The van der Waals surface area contributed by atoms with E-state index in [1.807, 2.05) is 18.2 Å². The maximum atomic E-state index is 12.5. The monoisotopic (exact) mass is 402 g/mol. The van der Waals surface area contributed by atoms with Gasteiger partial charge in [0.2, 0.25) is 0 Å². The molecule has 2 fully saturated rings. The zero-order valence-corrected chi connectivity index (χ0v) is 17.3. The van der Waals surface area contributed by atoms with Crippen molar-refractivity contribution in [2.24, 2.45) is 0 Å². The Morgan fingerprint density at radius 3 is 2.68 bits per heavy atom. The molecule has 4 rings (SSSR count). The van der Waals surface area contributed by atoms with Crippen LogP contribution < -0.4 is 10.2 Å². The quantitative estimate of drug-likeness (QED) is 0.753. The predicted molar refractivity (Wildman–Crippen MR) is 115 cm³/mol. The van der Waals surface area contributed by atoms with Crippen molar-refractivity contribution in [3.05, 3.63) is 23.8 Å². The van der Waals surface area contributed by atoms with Crippen molar-refractivity contribution in [1.29, 1.82) is 0 Å². The van der Waals surface area contributed by atoms with Crippen LogP contribution in [0.3, 0.4) is 0 Å². The van der Waals surface area contributed by atoms with Gasteiger partial charge in [-0.15, -0.1) is 0 Å². The number of amides is 1. The van der Waals surface area contributed by atoms with E-state index in [0.29, 0.717) is 0 Å². The van der Waals surface area contributed by atoms with Gasteiger partial charge in [-0.05, 0) is 57.1 Å². The van der Waals surface area contributed by atoms with Crippen LogP contribution in [0.25, 0.3) is 10.2 Å². The number of likely N-dealkylation sites (tertiary alicyclic amines) is 1. The van der Waals surface area contributed by atoms with Crippen LogP contribution in [0.5, 0.6) is 0 Å². The maximum Gasteiger partial charge on any atom is 0.251 e. The summed E-state index contributed by atoms with van der Waals surface area (Å²) in [6.45, 7) is 7.49. The topological polar surface area (TPSA) is 57.7 Å². The fraction of sp³-hybridized carbons (Fsp3) is 0.619. The summed E-state index contributed by atoms with van der Waals surface area (Å²) < 4.78 is 6.48. The number of nitrogens with one attached hydrogen (secondary N) is 1. The molecule has 1 amide bonds. The number of benzene rings is 1. The zero-order chi connectivity index (χ0) is 19.2. The van der Waals surface area contributed by atoms with Gasteiger partial charge in [0, 0.05) is 25.2 Å². The number of fused-ring (bicyclic) bond motifs is 1. The first-order valence-electron chi connectivity index (χ1n) is 10.5. The predicted octanol–water partition coefficient (Wildman–Crippen LogP) is 3.13. The van der Waals surface area contributed by atoms with Crippen molar-refractivity contribution >= 4 is 32.6 Å². The Balaban J connectivity index is 1.29. The number of nitrogens with zero attached hydrogens (tertiary/aromatic N) is 3. The summed E-state index contributed by atoms with van der Waals surface area (Å²) in [7, 11) is 0. The number of hydrogen-bond donors (Lipinski definition) is 1. The number of thiazole rings is 1. The van der Waals surface area contributed by atoms with E-state index in [-0.39, 0.29) is 5.91 Å². The normalized spacial score (nSPS) is 18.9. The van der Waals surface area contributed by atoms with Gasteiger partial charge >= 0.3 is 0 Å². The lowest BCUT2D eigenvalue weighted by atomic mass is 10.2. The Labute approximate surface area is 170 Å². The van der Waals surface area contributed by atoms with Crippen LogP contribution in [0, 0.1) is 0 Å². The molecule has 0 aliphatic carbocycles. The van der Waals surface area contributed by atoms with E-state index in [1.54, 1.807) is 11.3 Å². The number of morpholine rings is 1. The molecule has 0 bridgehead atoms. The maximum absolute atomic E-state index is 12.5. The van der Waals surface area contributed by atoms with Crippen LogP contribution in [0.1, 0.15) is 42.5 Å². The summed E-state index contributed by atoms with van der Waals surface area (Å²) >= 11 is 1.66. The van der Waals surface area contributed by atoms with E-state index >= 15 is 0 Å². The fourth-order valence-corrected chi connectivity index (χ4v) is 4.97. The molecular formula is C21H30N4O2S. The Bertz CT molecular complexity index is 780. The van der Waals surface area contributed by atoms with Crippen molar-refractivity contribution < 1.29 is 9.53 Å². The summed E-state index contributed by atoms with van der Waals surface area (Å²) in [5, 5.41) is 4.10. The molecule has 0 radical (unpaired) electrons. The van der Waals surface area contributed by atoms with Crippen LogP contribution >= 0.6 is 11.3 Å². The number of anilines is 1. The first-order valence-corrected chi connectivity index (χ1v) is 11.3. The molecule has 2 aromatic rings. The van der Waals surface area contributed by atoms with E-state index in [0.717, 1.165) is 66.7 Å². The number of ether oxygens (including phenoxy) is 1. The van der Waals surface area contributed by atoms with Crippen LogP contribution in [0.15, 0.2) is 18.2 Å². The van der Waals surface area contributed by atoms with Crippen LogP contribution in [0.2, 0.25) is 0 Å². The third kappa shape index (κ3) is 5.01. The molecule has 152 valence electrons. The number of carbonyl (C=O) groups excluding carboxylic acids is 1. The largest absolute Gasteiger partial charge is 0.378 e. The lowest BCUT2D eigenvalue weighted by Gasteiger charge is -2.25. The lowest BCUT2D eigenvalue weighted by Crippen LogP contribution is -2.36. The molecule has 1 aromatic carbocycles. The molecule has 2 aliphatic heterocycles. The molecule has 28 heavy (non-hydrogen) atoms. The summed E-state index contributed by atoms with van der Waals surface area (Å²) in [6, 6.07) is 5.82. The Hall–Kier alpha value is -1.70. The average Bonchev–Trinajstić information content (AvgIpc) is 2.99. The molecule has 6 nitrogen and oxygen atoms in total. The summed E-state index contributed by atoms with van der Waals surface area (Å²) in [6.07, 6.45) is 6.36. The molecule has 0 unspecified atom stereocenters. The molecule has 0 saturated carbocycles. The molecule has 1 aromatic heterocycles. The molecule has 0 atom stereocenters. The van der Waals surface area contributed by atoms with E-state index in [1.165, 1.54) is 38.8 Å². The van der Waals surface area contributed by atoms with E-state index < -0.39 is 0 Å². The third-order valence-electron chi connectivity index (χ3n) is 5.56. The van der Waals surface area contributed by atoms with E-state index in [2.05, 4.69) is 15.1 Å². The van der Waals surface area contributed by atoms with Gasteiger partial charge in [-0.25, -0.2) is 4.98 Å². The van der Waals surface area contributed by atoms with Crippen molar-refractivity contribution in [3.63, 3.8) is 0 Å². The summed E-state index contributed by atoms with van der Waals surface area (Å²) in [5.74, 6) is 0.0130. The van der Waals surface area contributed by atoms with E-state index in [4.69, 9.17) is 9.72 Å². The average molecular weight is 403 g/mol. The minimum absolute atomic E-state index is 0.0130. The molecule has 7 heteroatoms. The highest BCUT2D eigenvalue weighted by atomic mass is 32.1. The first-order chi connectivity index (χ1) is 13.8. The van der Waals surface area contributed by atoms with Crippen LogP contribution in [-0.4, -0.2) is 68.3 Å². The van der Waals surface area contributed by atoms with Crippen LogP contribution in [-0.2, 0) is 4.74 Å². The van der Waals surface area contributed by atoms with E-state index in [9.17, 15) is 4.79 Å². The summed E-state index contributed by atoms with van der Waals surface area (Å²) in [4.78, 5) is 22.1. The number of carbonyl (C=O) groups is 1. The number of rotatable bonds is 6.